The molecule has 1 aromatic carbocycles. The summed E-state index contributed by atoms with van der Waals surface area (Å²) in [5, 5.41) is 16.5. The average molecular weight is 445 g/mol. The number of hydrogen-bond donors (Lipinski definition) is 0. The maximum atomic E-state index is 12.9. The second kappa shape index (κ2) is 8.38. The first kappa shape index (κ1) is 20.9. The number of carbonyl (C=O) groups excluding carboxylic acids is 1. The molecule has 0 radical (unpaired) electrons. The van der Waals surface area contributed by atoms with Gasteiger partial charge in [0, 0.05) is 49.4 Å². The molecule has 0 aliphatic carbocycles. The Bertz CT molecular complexity index is 1160. The van der Waals surface area contributed by atoms with Crippen LogP contribution < -0.4 is 9.64 Å². The van der Waals surface area contributed by atoms with E-state index >= 15 is 0 Å². The van der Waals surface area contributed by atoms with Crippen molar-refractivity contribution in [2.75, 3.05) is 38.2 Å². The van der Waals surface area contributed by atoms with Gasteiger partial charge in [0.05, 0.1) is 22.7 Å². The van der Waals surface area contributed by atoms with Crippen LogP contribution in [0.4, 0.5) is 11.4 Å². The maximum Gasteiger partial charge on any atom is 0.288 e. The lowest BCUT2D eigenvalue weighted by atomic mass is 10.2. The van der Waals surface area contributed by atoms with E-state index in [1.165, 1.54) is 16.9 Å². The second-order valence-electron chi connectivity index (χ2n) is 7.25. The molecule has 11 heteroatoms. The standard InChI is InChI=1S/C20H21ClN6O4/c1-13-16-9-15(27(29)30)11-22-20(16)26(23-13)12-19(28)25-7-5-24(6-8-25)14-3-4-17(21)18(10-14)31-2/h3-4,9-11H,5-8,12H2,1-2H3. The molecule has 162 valence electrons. The van der Waals surface area contributed by atoms with Gasteiger partial charge in [-0.15, -0.1) is 0 Å². The number of amides is 1. The molecule has 3 aromatic rings. The van der Waals surface area contributed by atoms with Gasteiger partial charge in [-0.05, 0) is 19.1 Å². The number of ether oxygens (including phenoxy) is 1. The quantitative estimate of drug-likeness (QED) is 0.439. The van der Waals surface area contributed by atoms with Crippen LogP contribution in [0.3, 0.4) is 0 Å². The summed E-state index contributed by atoms with van der Waals surface area (Å²) in [7, 11) is 1.58. The van der Waals surface area contributed by atoms with Gasteiger partial charge < -0.3 is 14.5 Å². The topological polar surface area (TPSA) is 107 Å². The molecule has 0 N–H and O–H groups in total. The fourth-order valence-corrected chi connectivity index (χ4v) is 3.89. The molecule has 31 heavy (non-hydrogen) atoms. The normalized spacial score (nSPS) is 14.2. The molecular weight excluding hydrogens is 424 g/mol. The molecule has 1 saturated heterocycles. The fourth-order valence-electron chi connectivity index (χ4n) is 3.70. The molecule has 0 unspecified atom stereocenters. The van der Waals surface area contributed by atoms with Gasteiger partial charge in [0.1, 0.15) is 18.5 Å². The third-order valence-electron chi connectivity index (χ3n) is 5.39. The zero-order valence-electron chi connectivity index (χ0n) is 17.1. The summed E-state index contributed by atoms with van der Waals surface area (Å²) in [6.07, 6.45) is 1.18. The van der Waals surface area contributed by atoms with Gasteiger partial charge in [-0.3, -0.25) is 14.9 Å². The molecule has 1 fully saturated rings. The van der Waals surface area contributed by atoms with Gasteiger partial charge in [0.2, 0.25) is 5.91 Å². The SMILES string of the molecule is COc1cc(N2CCN(C(=O)Cn3nc(C)c4cc([N+](=O)[O-])cnc43)CC2)ccc1Cl. The fraction of sp³-hybridized carbons (Fsp3) is 0.350. The largest absolute Gasteiger partial charge is 0.495 e. The summed E-state index contributed by atoms with van der Waals surface area (Å²) in [5.74, 6) is 0.546. The van der Waals surface area contributed by atoms with E-state index in [0.717, 1.165) is 5.69 Å². The van der Waals surface area contributed by atoms with Crippen molar-refractivity contribution in [2.45, 2.75) is 13.5 Å². The predicted octanol–water partition coefficient (Wildman–Crippen LogP) is 2.66. The number of rotatable bonds is 5. The first-order valence-corrected chi connectivity index (χ1v) is 10.1. The smallest absolute Gasteiger partial charge is 0.288 e. The highest BCUT2D eigenvalue weighted by atomic mass is 35.5. The molecule has 4 rings (SSSR count). The zero-order chi connectivity index (χ0) is 22.1. The Balaban J connectivity index is 1.43. The van der Waals surface area contributed by atoms with Crippen LogP contribution in [0.5, 0.6) is 5.75 Å². The van der Waals surface area contributed by atoms with Gasteiger partial charge in [-0.2, -0.15) is 5.10 Å². The van der Waals surface area contributed by atoms with Gasteiger partial charge >= 0.3 is 0 Å². The summed E-state index contributed by atoms with van der Waals surface area (Å²) in [5.41, 5.74) is 1.95. The maximum absolute atomic E-state index is 12.9. The molecule has 1 aliphatic heterocycles. The highest BCUT2D eigenvalue weighted by Gasteiger charge is 2.23. The minimum Gasteiger partial charge on any atom is -0.495 e. The Morgan fingerprint density at radius 1 is 1.26 bits per heavy atom. The number of nitrogens with zero attached hydrogens (tertiary/aromatic N) is 6. The van der Waals surface area contributed by atoms with Gasteiger partial charge in [0.15, 0.2) is 5.65 Å². The van der Waals surface area contributed by atoms with Crippen LogP contribution in [0.2, 0.25) is 5.02 Å². The lowest BCUT2D eigenvalue weighted by Crippen LogP contribution is -2.49. The van der Waals surface area contributed by atoms with Gasteiger partial charge in [-0.1, -0.05) is 11.6 Å². The van der Waals surface area contributed by atoms with Crippen LogP contribution in [0.15, 0.2) is 30.5 Å². The number of carbonyl (C=O) groups is 1. The Labute approximate surface area is 183 Å². The molecule has 0 spiro atoms. The molecule has 10 nitrogen and oxygen atoms in total. The van der Waals surface area contributed by atoms with Crippen molar-refractivity contribution in [3.05, 3.63) is 51.3 Å². The molecule has 0 atom stereocenters. The lowest BCUT2D eigenvalue weighted by molar-refractivity contribution is -0.385. The summed E-state index contributed by atoms with van der Waals surface area (Å²) in [4.78, 5) is 31.5. The van der Waals surface area contributed by atoms with Crippen molar-refractivity contribution in [2.24, 2.45) is 0 Å². The molecule has 1 aliphatic rings. The predicted molar refractivity (Wildman–Crippen MR) is 116 cm³/mol. The van der Waals surface area contributed by atoms with E-state index in [9.17, 15) is 14.9 Å². The molecular formula is C20H21ClN6O4. The number of piperazine rings is 1. The van der Waals surface area contributed by atoms with Crippen LogP contribution in [-0.2, 0) is 11.3 Å². The Morgan fingerprint density at radius 2 is 2.00 bits per heavy atom. The number of halogens is 1. The van der Waals surface area contributed by atoms with E-state index in [4.69, 9.17) is 16.3 Å². The third kappa shape index (κ3) is 4.11. The van der Waals surface area contributed by atoms with Crippen molar-refractivity contribution in [3.8, 4) is 5.75 Å². The Hall–Kier alpha value is -3.40. The Kier molecular flexibility index (Phi) is 5.64. The summed E-state index contributed by atoms with van der Waals surface area (Å²) < 4.78 is 6.79. The Morgan fingerprint density at radius 3 is 2.68 bits per heavy atom. The number of aromatic nitrogens is 3. The molecule has 2 aromatic heterocycles. The summed E-state index contributed by atoms with van der Waals surface area (Å²) in [6.45, 7) is 4.28. The average Bonchev–Trinajstić information content (AvgIpc) is 3.08. The summed E-state index contributed by atoms with van der Waals surface area (Å²) >= 11 is 6.10. The van der Waals surface area contributed by atoms with E-state index in [-0.39, 0.29) is 18.1 Å². The van der Waals surface area contributed by atoms with Gasteiger partial charge in [0.25, 0.3) is 5.69 Å². The minimum absolute atomic E-state index is 0.0317. The van der Waals surface area contributed by atoms with Crippen LogP contribution >= 0.6 is 11.6 Å². The number of pyridine rings is 1. The minimum atomic E-state index is -0.496. The van der Waals surface area contributed by atoms with Crippen molar-refractivity contribution in [1.82, 2.24) is 19.7 Å². The number of aryl methyl sites for hydroxylation is 1. The number of benzene rings is 1. The van der Waals surface area contributed by atoms with Crippen molar-refractivity contribution < 1.29 is 14.5 Å². The molecule has 3 heterocycles. The monoisotopic (exact) mass is 444 g/mol. The van der Waals surface area contributed by atoms with Crippen LogP contribution in [-0.4, -0.2) is 63.8 Å². The number of methoxy groups -OCH3 is 1. The number of hydrogen-bond acceptors (Lipinski definition) is 7. The first-order valence-electron chi connectivity index (χ1n) is 9.71. The van der Waals surface area contributed by atoms with E-state index in [2.05, 4.69) is 15.0 Å². The summed E-state index contributed by atoms with van der Waals surface area (Å²) in [6, 6.07) is 7.07. The number of fused-ring (bicyclic) bond motifs is 1. The van der Waals surface area contributed by atoms with Crippen LogP contribution in [0.25, 0.3) is 11.0 Å². The van der Waals surface area contributed by atoms with Crippen LogP contribution in [0, 0.1) is 17.0 Å². The third-order valence-corrected chi connectivity index (χ3v) is 5.70. The second-order valence-corrected chi connectivity index (χ2v) is 7.66. The van der Waals surface area contributed by atoms with Gasteiger partial charge in [-0.25, -0.2) is 9.67 Å². The van der Waals surface area contributed by atoms with Crippen LogP contribution in [0.1, 0.15) is 5.69 Å². The van der Waals surface area contributed by atoms with Crippen molar-refractivity contribution >= 4 is 39.9 Å². The number of anilines is 1. The highest BCUT2D eigenvalue weighted by molar-refractivity contribution is 6.32. The number of nitro groups is 1. The molecule has 0 saturated carbocycles. The highest BCUT2D eigenvalue weighted by Crippen LogP contribution is 2.30. The van der Waals surface area contributed by atoms with E-state index in [0.29, 0.717) is 53.7 Å². The lowest BCUT2D eigenvalue weighted by Gasteiger charge is -2.36. The zero-order valence-corrected chi connectivity index (χ0v) is 17.9. The molecule has 1 amide bonds. The first-order chi connectivity index (χ1) is 14.9. The molecule has 0 bridgehead atoms. The van der Waals surface area contributed by atoms with Crippen molar-refractivity contribution in [3.63, 3.8) is 0 Å². The van der Waals surface area contributed by atoms with Crippen molar-refractivity contribution in [1.29, 1.82) is 0 Å². The van der Waals surface area contributed by atoms with E-state index < -0.39 is 4.92 Å². The van der Waals surface area contributed by atoms with E-state index in [1.807, 2.05) is 12.1 Å². The van der Waals surface area contributed by atoms with E-state index in [1.54, 1.807) is 25.0 Å².